The smallest absolute Gasteiger partial charge is 0.319 e. The molecule has 5 N–H and O–H groups in total. The number of carbonyl (C=O) groups excluding carboxylic acids is 1. The predicted molar refractivity (Wildman–Crippen MR) is 171 cm³/mol. The normalized spacial score (nSPS) is 17.6. The Hall–Kier alpha value is -2.87. The van der Waals surface area contributed by atoms with E-state index in [1.807, 2.05) is 44.2 Å². The first kappa shape index (κ1) is 33.0. The quantitative estimate of drug-likeness (QED) is 0.164. The summed E-state index contributed by atoms with van der Waals surface area (Å²) >= 11 is 1.50. The van der Waals surface area contributed by atoms with Gasteiger partial charge in [-0.05, 0) is 71.1 Å². The van der Waals surface area contributed by atoms with Crippen molar-refractivity contribution in [3.63, 3.8) is 0 Å². The van der Waals surface area contributed by atoms with Crippen LogP contribution < -0.4 is 20.7 Å². The standard InChI is InChI=1S/C31H43N5O5S2/c1-21(2)41-20-34-24-12-10-23(11-13-24)29-32-18-27(42-29)26-15-14-25(16-28(26)43(39,40)36-31(3,4)19-37)35-30(38)33-17-22-8-6-5-7-9-22/h5-9,14-16,18,21,23-24,34,36-37H,10-13,17,19-20H2,1-4H3,(H2,33,35,38). The van der Waals surface area contributed by atoms with E-state index in [0.717, 1.165) is 41.1 Å². The zero-order valence-electron chi connectivity index (χ0n) is 25.2. The Labute approximate surface area is 258 Å². The summed E-state index contributed by atoms with van der Waals surface area (Å²) in [6, 6.07) is 14.3. The van der Waals surface area contributed by atoms with Gasteiger partial charge in [0.15, 0.2) is 0 Å². The molecule has 43 heavy (non-hydrogen) atoms. The number of nitrogens with one attached hydrogen (secondary N) is 4. The Kier molecular flexibility index (Phi) is 11.3. The highest BCUT2D eigenvalue weighted by molar-refractivity contribution is 7.89. The van der Waals surface area contributed by atoms with Crippen LogP contribution >= 0.6 is 11.3 Å². The lowest BCUT2D eigenvalue weighted by Gasteiger charge is -2.28. The molecule has 1 aromatic heterocycles. The molecule has 1 saturated carbocycles. The Bertz CT molecular complexity index is 1450. The molecule has 0 radical (unpaired) electrons. The molecular weight excluding hydrogens is 587 g/mol. The van der Waals surface area contributed by atoms with E-state index in [1.54, 1.807) is 32.2 Å². The largest absolute Gasteiger partial charge is 0.394 e. The minimum atomic E-state index is -4.08. The first-order valence-electron chi connectivity index (χ1n) is 14.6. The van der Waals surface area contributed by atoms with Gasteiger partial charge < -0.3 is 20.5 Å². The minimum absolute atomic E-state index is 0.00291. The SMILES string of the molecule is CC(C)OCNC1CCC(c2ncc(-c3ccc(NC(=O)NCc4ccccc4)cc3S(=O)(=O)NC(C)(C)CO)s2)CC1. The van der Waals surface area contributed by atoms with Gasteiger partial charge in [0.1, 0.15) is 0 Å². The van der Waals surface area contributed by atoms with Crippen LogP contribution in [0.4, 0.5) is 10.5 Å². The highest BCUT2D eigenvalue weighted by atomic mass is 32.2. The van der Waals surface area contributed by atoms with Gasteiger partial charge in [0, 0.05) is 36.0 Å². The number of anilines is 1. The Morgan fingerprint density at radius 3 is 2.51 bits per heavy atom. The molecule has 0 unspecified atom stereocenters. The van der Waals surface area contributed by atoms with Gasteiger partial charge in [0.05, 0.1) is 39.8 Å². The van der Waals surface area contributed by atoms with Crippen LogP contribution in [-0.4, -0.2) is 55.6 Å². The number of amides is 2. The zero-order chi connectivity index (χ0) is 31.0. The van der Waals surface area contributed by atoms with E-state index < -0.39 is 21.6 Å². The number of aromatic nitrogens is 1. The molecule has 4 rings (SSSR count). The number of sulfonamides is 1. The topological polar surface area (TPSA) is 142 Å². The number of carbonyl (C=O) groups is 1. The van der Waals surface area contributed by atoms with Gasteiger partial charge in [0.25, 0.3) is 0 Å². The lowest BCUT2D eigenvalue weighted by molar-refractivity contribution is 0.0546. The molecular formula is C31H43N5O5S2. The molecule has 234 valence electrons. The molecule has 1 heterocycles. The molecule has 10 nitrogen and oxygen atoms in total. The van der Waals surface area contributed by atoms with E-state index in [2.05, 4.69) is 20.7 Å². The van der Waals surface area contributed by atoms with Crippen LogP contribution in [0.25, 0.3) is 10.4 Å². The Balaban J connectivity index is 1.52. The third-order valence-electron chi connectivity index (χ3n) is 7.28. The average Bonchev–Trinajstić information content (AvgIpc) is 3.47. The van der Waals surface area contributed by atoms with Crippen molar-refractivity contribution in [2.75, 3.05) is 18.7 Å². The number of aliphatic hydroxyl groups excluding tert-OH is 1. The summed E-state index contributed by atoms with van der Waals surface area (Å²) in [5.41, 5.74) is 0.672. The number of hydrogen-bond donors (Lipinski definition) is 5. The van der Waals surface area contributed by atoms with E-state index in [1.165, 1.54) is 17.4 Å². The van der Waals surface area contributed by atoms with Crippen LogP contribution in [0.3, 0.4) is 0 Å². The van der Waals surface area contributed by atoms with Crippen molar-refractivity contribution in [1.29, 1.82) is 0 Å². The third kappa shape index (κ3) is 9.56. The molecule has 0 bridgehead atoms. The lowest BCUT2D eigenvalue weighted by atomic mass is 9.86. The van der Waals surface area contributed by atoms with Gasteiger partial charge in [0.2, 0.25) is 10.0 Å². The van der Waals surface area contributed by atoms with Crippen molar-refractivity contribution < 1.29 is 23.1 Å². The van der Waals surface area contributed by atoms with Crippen LogP contribution in [0.15, 0.2) is 59.6 Å². The molecule has 1 fully saturated rings. The van der Waals surface area contributed by atoms with E-state index in [0.29, 0.717) is 36.5 Å². The van der Waals surface area contributed by atoms with Crippen LogP contribution in [0.1, 0.15) is 69.9 Å². The fourth-order valence-electron chi connectivity index (χ4n) is 4.91. The minimum Gasteiger partial charge on any atom is -0.394 e. The van der Waals surface area contributed by atoms with Crippen molar-refractivity contribution in [3.05, 3.63) is 65.3 Å². The first-order chi connectivity index (χ1) is 20.5. The summed E-state index contributed by atoms with van der Waals surface area (Å²) in [6.07, 6.45) is 5.94. The number of aliphatic hydroxyl groups is 1. The number of benzene rings is 2. The second-order valence-corrected chi connectivity index (χ2v) is 14.5. The summed E-state index contributed by atoms with van der Waals surface area (Å²) in [7, 11) is -4.08. The summed E-state index contributed by atoms with van der Waals surface area (Å²) in [5.74, 6) is 0.309. The summed E-state index contributed by atoms with van der Waals surface area (Å²) in [6.45, 7) is 7.75. The fraction of sp³-hybridized carbons (Fsp3) is 0.484. The highest BCUT2D eigenvalue weighted by Crippen LogP contribution is 2.40. The van der Waals surface area contributed by atoms with Gasteiger partial charge in [-0.3, -0.25) is 5.32 Å². The molecule has 3 aromatic rings. The number of nitrogens with zero attached hydrogens (tertiary/aromatic N) is 1. The van der Waals surface area contributed by atoms with Crippen LogP contribution in [0.2, 0.25) is 0 Å². The van der Waals surface area contributed by atoms with Crippen LogP contribution in [0.5, 0.6) is 0 Å². The lowest BCUT2D eigenvalue weighted by Crippen LogP contribution is -2.46. The second-order valence-electron chi connectivity index (χ2n) is 11.8. The van der Waals surface area contributed by atoms with Gasteiger partial charge in [-0.15, -0.1) is 11.3 Å². The van der Waals surface area contributed by atoms with Crippen molar-refractivity contribution in [3.8, 4) is 10.4 Å². The number of hydrogen-bond acceptors (Lipinski definition) is 8. The molecule has 2 amide bonds. The second kappa shape index (κ2) is 14.7. The van der Waals surface area contributed by atoms with Crippen LogP contribution in [-0.2, 0) is 21.3 Å². The van der Waals surface area contributed by atoms with Crippen molar-refractivity contribution in [2.24, 2.45) is 0 Å². The number of ether oxygens (including phenoxy) is 1. The molecule has 12 heteroatoms. The van der Waals surface area contributed by atoms with Crippen molar-refractivity contribution in [1.82, 2.24) is 20.3 Å². The van der Waals surface area contributed by atoms with E-state index in [9.17, 15) is 18.3 Å². The highest BCUT2D eigenvalue weighted by Gasteiger charge is 2.30. The molecule has 2 aromatic carbocycles. The first-order valence-corrected chi connectivity index (χ1v) is 16.9. The van der Waals surface area contributed by atoms with Gasteiger partial charge in [-0.25, -0.2) is 22.9 Å². The van der Waals surface area contributed by atoms with Gasteiger partial charge >= 0.3 is 6.03 Å². The zero-order valence-corrected chi connectivity index (χ0v) is 26.9. The molecule has 0 saturated heterocycles. The predicted octanol–water partition coefficient (Wildman–Crippen LogP) is 5.18. The van der Waals surface area contributed by atoms with Crippen molar-refractivity contribution >= 4 is 33.1 Å². The van der Waals surface area contributed by atoms with Gasteiger partial charge in [-0.2, -0.15) is 0 Å². The molecule has 0 spiro atoms. The third-order valence-corrected chi connectivity index (χ3v) is 10.2. The average molecular weight is 630 g/mol. The number of rotatable bonds is 13. The van der Waals surface area contributed by atoms with E-state index in [4.69, 9.17) is 9.72 Å². The Morgan fingerprint density at radius 2 is 1.84 bits per heavy atom. The monoisotopic (exact) mass is 629 g/mol. The summed E-state index contributed by atoms with van der Waals surface area (Å²) in [5, 5.41) is 19.7. The number of thiazole rings is 1. The van der Waals surface area contributed by atoms with E-state index in [-0.39, 0.29) is 17.6 Å². The molecule has 1 aliphatic rings. The van der Waals surface area contributed by atoms with Crippen LogP contribution in [0, 0.1) is 0 Å². The summed E-state index contributed by atoms with van der Waals surface area (Å²) < 4.78 is 35.5. The maximum Gasteiger partial charge on any atom is 0.319 e. The number of urea groups is 1. The molecule has 0 atom stereocenters. The van der Waals surface area contributed by atoms with Gasteiger partial charge in [-0.1, -0.05) is 36.4 Å². The maximum absolute atomic E-state index is 13.6. The summed E-state index contributed by atoms with van der Waals surface area (Å²) in [4.78, 5) is 18.1. The fourth-order valence-corrected chi connectivity index (χ4v) is 7.75. The molecule has 0 aliphatic heterocycles. The van der Waals surface area contributed by atoms with E-state index >= 15 is 0 Å². The van der Waals surface area contributed by atoms with Crippen molar-refractivity contribution in [2.45, 2.75) is 88.4 Å². The maximum atomic E-state index is 13.6. The molecule has 1 aliphatic carbocycles. The Morgan fingerprint density at radius 1 is 1.12 bits per heavy atom.